The molecule has 0 bridgehead atoms. The molecule has 1 N–H and O–H groups in total. The molecule has 0 radical (unpaired) electrons. The third-order valence-corrected chi connectivity index (χ3v) is 4.82. The van der Waals surface area contributed by atoms with Crippen LogP contribution in [0.4, 0.5) is 13.2 Å². The molecule has 2 rings (SSSR count). The van der Waals surface area contributed by atoms with E-state index in [2.05, 4.69) is 0 Å². The van der Waals surface area contributed by atoms with Gasteiger partial charge >= 0.3 is 6.18 Å². The highest BCUT2D eigenvalue weighted by Crippen LogP contribution is 2.22. The summed E-state index contributed by atoms with van der Waals surface area (Å²) < 4.78 is 62.8. The number of piperidine rings is 1. The molecule has 1 aromatic carbocycles. The Bertz CT molecular complexity index is 710. The van der Waals surface area contributed by atoms with Gasteiger partial charge < -0.3 is 0 Å². The molecular formula is C16H19F3N2O3S. The molecule has 0 unspecified atom stereocenters. The Balaban J connectivity index is 1.86. The quantitative estimate of drug-likeness (QED) is 0.857. The van der Waals surface area contributed by atoms with E-state index in [0.717, 1.165) is 5.41 Å². The van der Waals surface area contributed by atoms with E-state index in [9.17, 15) is 26.4 Å². The number of hydrogen-bond donors (Lipinski definition) is 1. The fraction of sp³-hybridized carbons (Fsp3) is 0.438. The van der Waals surface area contributed by atoms with Crippen molar-refractivity contribution in [1.82, 2.24) is 9.62 Å². The van der Waals surface area contributed by atoms with Crippen LogP contribution in [0.3, 0.4) is 0 Å². The summed E-state index contributed by atoms with van der Waals surface area (Å²) in [5.74, 6) is -1.28. The Hall–Kier alpha value is -1.87. The Kier molecular flexibility index (Phi) is 6.23. The predicted molar refractivity (Wildman–Crippen MR) is 87.8 cm³/mol. The predicted octanol–water partition coefficient (Wildman–Crippen LogP) is 2.38. The maximum absolute atomic E-state index is 12.3. The van der Waals surface area contributed by atoms with E-state index in [1.165, 1.54) is 11.0 Å². The monoisotopic (exact) mass is 376 g/mol. The van der Waals surface area contributed by atoms with Crippen LogP contribution >= 0.6 is 0 Å². The molecule has 0 atom stereocenters. The minimum atomic E-state index is -4.28. The maximum Gasteiger partial charge on any atom is 0.401 e. The van der Waals surface area contributed by atoms with Crippen LogP contribution < -0.4 is 4.72 Å². The summed E-state index contributed by atoms with van der Waals surface area (Å²) in [5.41, 5.74) is 0.667. The van der Waals surface area contributed by atoms with Gasteiger partial charge in [-0.15, -0.1) is 0 Å². The number of carbonyl (C=O) groups is 1. The van der Waals surface area contributed by atoms with Crippen molar-refractivity contribution in [2.24, 2.45) is 5.92 Å². The average molecular weight is 376 g/mol. The highest BCUT2D eigenvalue weighted by molar-refractivity contribution is 7.93. The summed E-state index contributed by atoms with van der Waals surface area (Å²) >= 11 is 0. The highest BCUT2D eigenvalue weighted by Gasteiger charge is 2.34. The maximum atomic E-state index is 12.3. The van der Waals surface area contributed by atoms with E-state index in [1.807, 2.05) is 4.72 Å². The molecule has 0 spiro atoms. The summed E-state index contributed by atoms with van der Waals surface area (Å²) in [7, 11) is -3.94. The molecule has 5 nitrogen and oxygen atoms in total. The molecule has 0 aliphatic carbocycles. The van der Waals surface area contributed by atoms with Crippen molar-refractivity contribution in [3.63, 3.8) is 0 Å². The number of alkyl halides is 3. The first-order valence-corrected chi connectivity index (χ1v) is 9.28. The number of benzene rings is 1. The lowest BCUT2D eigenvalue weighted by Gasteiger charge is -2.31. The van der Waals surface area contributed by atoms with Crippen LogP contribution in [0.5, 0.6) is 0 Å². The molecule has 1 heterocycles. The highest BCUT2D eigenvalue weighted by atomic mass is 32.2. The van der Waals surface area contributed by atoms with Gasteiger partial charge in [-0.25, -0.2) is 13.1 Å². The number of rotatable bonds is 5. The van der Waals surface area contributed by atoms with Crippen LogP contribution in [0.2, 0.25) is 0 Å². The third kappa shape index (κ3) is 6.87. The molecule has 1 aliphatic rings. The molecule has 1 amide bonds. The lowest BCUT2D eigenvalue weighted by atomic mass is 9.96. The Morgan fingerprint density at radius 3 is 2.36 bits per heavy atom. The van der Waals surface area contributed by atoms with Crippen LogP contribution in [0.1, 0.15) is 18.4 Å². The first kappa shape index (κ1) is 19.5. The second-order valence-corrected chi connectivity index (χ2v) is 7.46. The molecule has 0 aromatic heterocycles. The number of halogens is 3. The van der Waals surface area contributed by atoms with E-state index >= 15 is 0 Å². The summed E-state index contributed by atoms with van der Waals surface area (Å²) in [4.78, 5) is 13.3. The van der Waals surface area contributed by atoms with Crippen LogP contribution in [-0.2, 0) is 14.8 Å². The summed E-state index contributed by atoms with van der Waals surface area (Å²) in [6.07, 6.45) is -2.53. The van der Waals surface area contributed by atoms with Crippen molar-refractivity contribution in [3.05, 3.63) is 41.3 Å². The Labute approximate surface area is 144 Å². The number of hydrogen-bond acceptors (Lipinski definition) is 4. The standard InChI is InChI=1S/C16H19F3N2O3S/c17-16(18,19)12-21-9-6-14(7-10-21)15(22)20-25(23,24)11-8-13-4-2-1-3-5-13/h1-5,8,11,14H,6-7,9-10,12H2,(H,20,22)/b11-8+. The second-order valence-electron chi connectivity index (χ2n) is 5.89. The van der Waals surface area contributed by atoms with Gasteiger partial charge in [0.2, 0.25) is 5.91 Å². The average Bonchev–Trinajstić information content (AvgIpc) is 2.53. The zero-order valence-corrected chi connectivity index (χ0v) is 14.2. The molecule has 138 valence electrons. The van der Waals surface area contributed by atoms with Gasteiger partial charge in [0.05, 0.1) is 12.0 Å². The van der Waals surface area contributed by atoms with Gasteiger partial charge in [0.25, 0.3) is 10.0 Å². The number of likely N-dealkylation sites (tertiary alicyclic amines) is 1. The fourth-order valence-electron chi connectivity index (χ4n) is 2.60. The lowest BCUT2D eigenvalue weighted by Crippen LogP contribution is -2.44. The normalized spacial score (nSPS) is 17.7. The van der Waals surface area contributed by atoms with E-state index in [4.69, 9.17) is 0 Å². The molecule has 25 heavy (non-hydrogen) atoms. The van der Waals surface area contributed by atoms with Crippen molar-refractivity contribution in [2.45, 2.75) is 19.0 Å². The van der Waals surface area contributed by atoms with Crippen LogP contribution in [0, 0.1) is 5.92 Å². The van der Waals surface area contributed by atoms with Crippen LogP contribution in [-0.4, -0.2) is 45.0 Å². The second kappa shape index (κ2) is 8.01. The molecule has 1 aliphatic heterocycles. The van der Waals surface area contributed by atoms with Crippen molar-refractivity contribution in [3.8, 4) is 0 Å². The molecular weight excluding hydrogens is 357 g/mol. The van der Waals surface area contributed by atoms with E-state index in [1.54, 1.807) is 30.3 Å². The van der Waals surface area contributed by atoms with Gasteiger partial charge in [-0.3, -0.25) is 9.69 Å². The number of carbonyl (C=O) groups excluding carboxylic acids is 1. The first-order valence-electron chi connectivity index (χ1n) is 7.73. The fourth-order valence-corrected chi connectivity index (χ4v) is 3.45. The van der Waals surface area contributed by atoms with Crippen molar-refractivity contribution >= 4 is 22.0 Å². The molecule has 1 aromatic rings. The van der Waals surface area contributed by atoms with E-state index in [0.29, 0.717) is 5.56 Å². The van der Waals surface area contributed by atoms with Crippen LogP contribution in [0.25, 0.3) is 6.08 Å². The molecule has 0 saturated carbocycles. The molecule has 9 heteroatoms. The van der Waals surface area contributed by atoms with E-state index < -0.39 is 34.6 Å². The Morgan fingerprint density at radius 1 is 1.20 bits per heavy atom. The smallest absolute Gasteiger partial charge is 0.295 e. The van der Waals surface area contributed by atoms with Crippen molar-refractivity contribution < 1.29 is 26.4 Å². The van der Waals surface area contributed by atoms with Gasteiger partial charge in [0.15, 0.2) is 0 Å². The molecule has 1 fully saturated rings. The minimum Gasteiger partial charge on any atom is -0.295 e. The number of amides is 1. The Morgan fingerprint density at radius 2 is 1.80 bits per heavy atom. The summed E-state index contributed by atoms with van der Waals surface area (Å²) in [6.45, 7) is -0.797. The number of sulfonamides is 1. The first-order chi connectivity index (χ1) is 11.6. The van der Waals surface area contributed by atoms with Gasteiger partial charge in [-0.2, -0.15) is 13.2 Å². The van der Waals surface area contributed by atoms with Crippen molar-refractivity contribution in [1.29, 1.82) is 0 Å². The number of nitrogens with one attached hydrogen (secondary N) is 1. The van der Waals surface area contributed by atoms with Gasteiger partial charge in [-0.1, -0.05) is 30.3 Å². The van der Waals surface area contributed by atoms with Crippen LogP contribution in [0.15, 0.2) is 35.7 Å². The minimum absolute atomic E-state index is 0.109. The van der Waals surface area contributed by atoms with E-state index in [-0.39, 0.29) is 25.9 Å². The van der Waals surface area contributed by atoms with Gasteiger partial charge in [0, 0.05) is 5.92 Å². The van der Waals surface area contributed by atoms with Gasteiger partial charge in [0.1, 0.15) is 0 Å². The van der Waals surface area contributed by atoms with Crippen molar-refractivity contribution in [2.75, 3.05) is 19.6 Å². The SMILES string of the molecule is O=C(NS(=O)(=O)/C=C/c1ccccc1)C1CCN(CC(F)(F)F)CC1. The zero-order chi connectivity index (χ0) is 18.5. The zero-order valence-electron chi connectivity index (χ0n) is 13.4. The topological polar surface area (TPSA) is 66.5 Å². The summed E-state index contributed by atoms with van der Waals surface area (Å²) in [5, 5.41) is 0.902. The lowest BCUT2D eigenvalue weighted by molar-refractivity contribution is -0.149. The third-order valence-electron chi connectivity index (χ3n) is 3.84. The largest absolute Gasteiger partial charge is 0.401 e. The summed E-state index contributed by atoms with van der Waals surface area (Å²) in [6, 6.07) is 8.71. The number of nitrogens with zero attached hydrogens (tertiary/aromatic N) is 1. The molecule has 1 saturated heterocycles. The van der Waals surface area contributed by atoms with Gasteiger partial charge in [-0.05, 0) is 37.6 Å².